The van der Waals surface area contributed by atoms with Gasteiger partial charge in [0.2, 0.25) is 12.3 Å². The van der Waals surface area contributed by atoms with Gasteiger partial charge >= 0.3 is 0 Å². The molecule has 5 heterocycles. The average molecular weight is 594 g/mol. The number of alkyl halides is 3. The van der Waals surface area contributed by atoms with Gasteiger partial charge in [0, 0.05) is 69.1 Å². The van der Waals surface area contributed by atoms with E-state index in [1.165, 1.54) is 0 Å². The summed E-state index contributed by atoms with van der Waals surface area (Å²) in [6.07, 6.45) is -1.43. The van der Waals surface area contributed by atoms with Gasteiger partial charge < -0.3 is 20.3 Å². The molecule has 12 unspecified atom stereocenters. The van der Waals surface area contributed by atoms with Crippen molar-refractivity contribution >= 4 is 35.2 Å². The number of nitrogens with one attached hydrogen (secondary N) is 6. The molecule has 12 atom stereocenters. The number of carbonyl (C=O) groups excluding carboxylic acids is 2. The van der Waals surface area contributed by atoms with E-state index >= 15 is 0 Å². The van der Waals surface area contributed by atoms with E-state index in [9.17, 15) is 18.4 Å². The molecule has 2 amide bonds. The van der Waals surface area contributed by atoms with Gasteiger partial charge in [-0.2, -0.15) is 0 Å². The number of halogens is 3. The SMILES string of the molecule is COC1CNC(Cl)CC1C1CC(C)NCC1C(=O)NC1NC2CN(C(=O)C3NCC(C(F)F)C(C)N3)CC2S1. The Labute approximate surface area is 238 Å². The molecule has 6 N–H and O–H groups in total. The minimum atomic E-state index is -2.43. The van der Waals surface area contributed by atoms with Crippen LogP contribution in [-0.4, -0.2) is 110 Å². The van der Waals surface area contributed by atoms with E-state index in [0.29, 0.717) is 32.2 Å². The van der Waals surface area contributed by atoms with E-state index < -0.39 is 24.6 Å². The predicted molar refractivity (Wildman–Crippen MR) is 146 cm³/mol. The first-order valence-electron chi connectivity index (χ1n) is 14.1. The highest BCUT2D eigenvalue weighted by atomic mass is 35.5. The van der Waals surface area contributed by atoms with Crippen LogP contribution in [0.5, 0.6) is 0 Å². The number of piperidine rings is 2. The molecule has 5 saturated heterocycles. The van der Waals surface area contributed by atoms with Gasteiger partial charge in [0.15, 0.2) is 0 Å². The Bertz CT molecular complexity index is 883. The van der Waals surface area contributed by atoms with Crippen molar-refractivity contribution in [2.45, 2.75) is 79.8 Å². The highest BCUT2D eigenvalue weighted by Gasteiger charge is 2.48. The Morgan fingerprint density at radius 1 is 1.05 bits per heavy atom. The van der Waals surface area contributed by atoms with Gasteiger partial charge in [0.25, 0.3) is 5.91 Å². The van der Waals surface area contributed by atoms with Gasteiger partial charge in [-0.3, -0.25) is 30.9 Å². The van der Waals surface area contributed by atoms with Crippen molar-refractivity contribution in [1.29, 1.82) is 0 Å². The summed E-state index contributed by atoms with van der Waals surface area (Å²) in [5, 5.41) is 19.6. The van der Waals surface area contributed by atoms with E-state index in [2.05, 4.69) is 38.8 Å². The van der Waals surface area contributed by atoms with Crippen LogP contribution in [-0.2, 0) is 14.3 Å². The first-order valence-corrected chi connectivity index (χ1v) is 15.4. The highest BCUT2D eigenvalue weighted by Crippen LogP contribution is 2.38. The maximum atomic E-state index is 13.6. The molecular weight excluding hydrogens is 552 g/mol. The fourth-order valence-electron chi connectivity index (χ4n) is 6.97. The molecule has 0 aromatic carbocycles. The van der Waals surface area contributed by atoms with Crippen molar-refractivity contribution in [1.82, 2.24) is 36.8 Å². The summed E-state index contributed by atoms with van der Waals surface area (Å²) >= 11 is 8.09. The second-order valence-electron chi connectivity index (χ2n) is 11.7. The Morgan fingerprint density at radius 3 is 2.54 bits per heavy atom. The Morgan fingerprint density at radius 2 is 1.85 bits per heavy atom. The Hall–Kier alpha value is -0.800. The number of nitrogens with zero attached hydrogens (tertiary/aromatic N) is 1. The van der Waals surface area contributed by atoms with Crippen LogP contribution in [0, 0.1) is 23.7 Å². The van der Waals surface area contributed by atoms with Gasteiger partial charge in [0.05, 0.1) is 17.5 Å². The third kappa shape index (κ3) is 6.50. The first-order chi connectivity index (χ1) is 18.6. The van der Waals surface area contributed by atoms with E-state index in [4.69, 9.17) is 16.3 Å². The first kappa shape index (κ1) is 29.7. The number of hydrogen-bond acceptors (Lipinski definition) is 9. The zero-order chi connectivity index (χ0) is 27.8. The molecule has 5 rings (SSSR count). The Kier molecular flexibility index (Phi) is 9.59. The monoisotopic (exact) mass is 593 g/mol. The number of likely N-dealkylation sites (tertiary alicyclic amines) is 1. The lowest BCUT2D eigenvalue weighted by Gasteiger charge is -2.45. The highest BCUT2D eigenvalue weighted by molar-refractivity contribution is 8.00. The number of rotatable bonds is 6. The van der Waals surface area contributed by atoms with Crippen LogP contribution >= 0.6 is 23.4 Å². The van der Waals surface area contributed by atoms with Crippen LogP contribution in [0.2, 0.25) is 0 Å². The van der Waals surface area contributed by atoms with E-state index in [1.54, 1.807) is 30.7 Å². The summed E-state index contributed by atoms with van der Waals surface area (Å²) in [5.74, 6) is -0.741. The molecule has 0 spiro atoms. The van der Waals surface area contributed by atoms with Gasteiger partial charge in [-0.25, -0.2) is 8.78 Å². The molecule has 0 aromatic rings. The lowest BCUT2D eigenvalue weighted by Crippen LogP contribution is -2.64. The molecule has 0 radical (unpaired) electrons. The summed E-state index contributed by atoms with van der Waals surface area (Å²) in [7, 11) is 1.72. The van der Waals surface area contributed by atoms with Gasteiger partial charge in [-0.15, -0.1) is 23.4 Å². The lowest BCUT2D eigenvalue weighted by molar-refractivity contribution is -0.135. The zero-order valence-corrected chi connectivity index (χ0v) is 24.2. The minimum Gasteiger partial charge on any atom is -0.380 e. The maximum absolute atomic E-state index is 13.6. The molecule has 5 aliphatic heterocycles. The fourth-order valence-corrected chi connectivity index (χ4v) is 8.67. The van der Waals surface area contributed by atoms with E-state index in [1.807, 2.05) is 0 Å². The van der Waals surface area contributed by atoms with Gasteiger partial charge in [-0.1, -0.05) is 0 Å². The second-order valence-corrected chi connectivity index (χ2v) is 13.6. The number of thioether (sulfide) groups is 1. The van der Waals surface area contributed by atoms with Crippen LogP contribution in [0.4, 0.5) is 8.78 Å². The van der Waals surface area contributed by atoms with Crippen LogP contribution in [0.25, 0.3) is 0 Å². The van der Waals surface area contributed by atoms with Crippen LogP contribution in [0.15, 0.2) is 0 Å². The smallest absolute Gasteiger partial charge is 0.254 e. The van der Waals surface area contributed by atoms with Gasteiger partial charge in [-0.05, 0) is 38.5 Å². The van der Waals surface area contributed by atoms with E-state index in [0.717, 1.165) is 12.8 Å². The lowest BCUT2D eigenvalue weighted by atomic mass is 9.70. The van der Waals surface area contributed by atoms with Crippen molar-refractivity contribution in [3.05, 3.63) is 0 Å². The molecule has 0 aliphatic carbocycles. The maximum Gasteiger partial charge on any atom is 0.254 e. The molecule has 39 heavy (non-hydrogen) atoms. The topological polar surface area (TPSA) is 119 Å². The van der Waals surface area contributed by atoms with Gasteiger partial charge in [0.1, 0.15) is 11.7 Å². The molecule has 222 valence electrons. The molecular formula is C25H42ClF2N7O3S. The number of fused-ring (bicyclic) bond motifs is 1. The van der Waals surface area contributed by atoms with Crippen molar-refractivity contribution in [2.75, 3.05) is 39.8 Å². The minimum absolute atomic E-state index is 0.0184. The molecule has 0 aromatic heterocycles. The molecule has 5 aliphatic rings. The van der Waals surface area contributed by atoms with Crippen molar-refractivity contribution in [3.8, 4) is 0 Å². The normalized spacial score (nSPS) is 44.8. The fraction of sp³-hybridized carbons (Fsp3) is 0.920. The average Bonchev–Trinajstić information content (AvgIpc) is 3.46. The van der Waals surface area contributed by atoms with Crippen LogP contribution < -0.4 is 31.9 Å². The molecule has 0 bridgehead atoms. The van der Waals surface area contributed by atoms with Crippen molar-refractivity contribution in [3.63, 3.8) is 0 Å². The predicted octanol–water partition coefficient (Wildman–Crippen LogP) is -0.106. The zero-order valence-electron chi connectivity index (χ0n) is 22.7. The van der Waals surface area contributed by atoms with Crippen LogP contribution in [0.1, 0.15) is 26.7 Å². The third-order valence-electron chi connectivity index (χ3n) is 9.24. The van der Waals surface area contributed by atoms with E-state index in [-0.39, 0.29) is 64.5 Å². The summed E-state index contributed by atoms with van der Waals surface area (Å²) in [5.41, 5.74) is -0.352. The van der Waals surface area contributed by atoms with Crippen molar-refractivity contribution in [2.24, 2.45) is 23.7 Å². The second kappa shape index (κ2) is 12.6. The Balaban J connectivity index is 1.14. The molecule has 14 heteroatoms. The summed E-state index contributed by atoms with van der Waals surface area (Å²) < 4.78 is 32.1. The third-order valence-corrected chi connectivity index (χ3v) is 10.9. The number of amides is 2. The quantitative estimate of drug-likeness (QED) is 0.185. The van der Waals surface area contributed by atoms with Crippen molar-refractivity contribution < 1.29 is 23.1 Å². The largest absolute Gasteiger partial charge is 0.380 e. The number of carbonyl (C=O) groups is 2. The summed E-state index contributed by atoms with van der Waals surface area (Å²) in [6.45, 7) is 6.31. The molecule has 10 nitrogen and oxygen atoms in total. The van der Waals surface area contributed by atoms with Crippen LogP contribution in [0.3, 0.4) is 0 Å². The summed E-state index contributed by atoms with van der Waals surface area (Å²) in [4.78, 5) is 28.4. The number of methoxy groups -OCH3 is 1. The summed E-state index contributed by atoms with van der Waals surface area (Å²) in [6, 6.07) is -0.0759. The molecule has 5 fully saturated rings. The number of hydrogen-bond donors (Lipinski definition) is 6. The molecule has 0 saturated carbocycles. The number of ether oxygens (including phenoxy) is 1. The standard InChI is InChI=1S/C25H42ClF2N7O3S/c1-11-4-13(14-5-20(26)30-8-18(14)38-3)16(7-29-11)23(36)34-25-33-17-9-35(10-19(17)39-25)24(37)22-31-6-15(21(27)28)12(2)32-22/h11-22,25,29-33H,4-10H2,1-3H3,(H,34,36).